The Labute approximate surface area is 80.7 Å². The van der Waals surface area contributed by atoms with Crippen molar-refractivity contribution in [3.05, 3.63) is 0 Å². The second-order valence-electron chi connectivity index (χ2n) is 3.70. The van der Waals surface area contributed by atoms with E-state index in [0.29, 0.717) is 0 Å². The van der Waals surface area contributed by atoms with Crippen LogP contribution in [0.2, 0.25) is 0 Å². The van der Waals surface area contributed by atoms with E-state index in [-0.39, 0.29) is 12.0 Å². The lowest BCUT2D eigenvalue weighted by Crippen LogP contribution is -2.38. The third-order valence-electron chi connectivity index (χ3n) is 2.67. The van der Waals surface area contributed by atoms with Gasteiger partial charge in [0, 0.05) is 6.04 Å². The van der Waals surface area contributed by atoms with Crippen molar-refractivity contribution < 1.29 is 9.90 Å². The summed E-state index contributed by atoms with van der Waals surface area (Å²) in [7, 11) is 1.99. The highest BCUT2D eigenvalue weighted by atomic mass is 16.4. The molecule has 0 heterocycles. The SMILES string of the molecule is CCCCN(C)C(C)C(C)C(=O)O. The zero-order valence-corrected chi connectivity index (χ0v) is 9.08. The monoisotopic (exact) mass is 187 g/mol. The number of nitrogens with zero attached hydrogens (tertiary/aromatic N) is 1. The van der Waals surface area contributed by atoms with Gasteiger partial charge in [-0.2, -0.15) is 0 Å². The van der Waals surface area contributed by atoms with Gasteiger partial charge in [0.1, 0.15) is 0 Å². The van der Waals surface area contributed by atoms with Gasteiger partial charge < -0.3 is 10.0 Å². The lowest BCUT2D eigenvalue weighted by molar-refractivity contribution is -0.143. The van der Waals surface area contributed by atoms with Crippen LogP contribution >= 0.6 is 0 Å². The van der Waals surface area contributed by atoms with Crippen LogP contribution in [0.4, 0.5) is 0 Å². The summed E-state index contributed by atoms with van der Waals surface area (Å²) in [5, 5.41) is 8.80. The Morgan fingerprint density at radius 1 is 1.46 bits per heavy atom. The summed E-state index contributed by atoms with van der Waals surface area (Å²) in [6, 6.07) is 0.115. The second kappa shape index (κ2) is 5.97. The molecule has 0 aromatic heterocycles. The predicted octanol–water partition coefficient (Wildman–Crippen LogP) is 1.83. The number of aliphatic carboxylic acids is 1. The average molecular weight is 187 g/mol. The summed E-state index contributed by atoms with van der Waals surface area (Å²) < 4.78 is 0. The zero-order valence-electron chi connectivity index (χ0n) is 9.08. The minimum atomic E-state index is -0.712. The molecule has 2 unspecified atom stereocenters. The molecule has 2 atom stereocenters. The van der Waals surface area contributed by atoms with E-state index in [1.165, 1.54) is 0 Å². The fourth-order valence-corrected chi connectivity index (χ4v) is 1.20. The summed E-state index contributed by atoms with van der Waals surface area (Å²) in [4.78, 5) is 12.8. The lowest BCUT2D eigenvalue weighted by atomic mass is 10.0. The molecule has 1 N–H and O–H groups in total. The molecule has 0 spiro atoms. The fraction of sp³-hybridized carbons (Fsp3) is 0.900. The first-order valence-corrected chi connectivity index (χ1v) is 4.93. The Balaban J connectivity index is 3.93. The molecule has 78 valence electrons. The molecule has 0 aliphatic rings. The van der Waals surface area contributed by atoms with Crippen LogP contribution in [0.25, 0.3) is 0 Å². The Bertz CT molecular complexity index is 159. The van der Waals surface area contributed by atoms with E-state index in [1.807, 2.05) is 14.0 Å². The number of rotatable bonds is 6. The first kappa shape index (κ1) is 12.4. The van der Waals surface area contributed by atoms with E-state index in [4.69, 9.17) is 5.11 Å². The van der Waals surface area contributed by atoms with Crippen LogP contribution in [0, 0.1) is 5.92 Å². The van der Waals surface area contributed by atoms with Crippen LogP contribution in [0.1, 0.15) is 33.6 Å². The quantitative estimate of drug-likeness (QED) is 0.689. The number of carboxylic acids is 1. The summed E-state index contributed by atoms with van der Waals surface area (Å²) in [5.74, 6) is -1.00. The van der Waals surface area contributed by atoms with Crippen LogP contribution in [-0.2, 0) is 4.79 Å². The highest BCUT2D eigenvalue weighted by Crippen LogP contribution is 2.09. The molecular weight excluding hydrogens is 166 g/mol. The van der Waals surface area contributed by atoms with E-state index in [1.54, 1.807) is 6.92 Å². The van der Waals surface area contributed by atoms with Crippen molar-refractivity contribution in [3.8, 4) is 0 Å². The molecule has 0 rings (SSSR count). The van der Waals surface area contributed by atoms with E-state index in [2.05, 4.69) is 11.8 Å². The number of unbranched alkanes of at least 4 members (excludes halogenated alkanes) is 1. The van der Waals surface area contributed by atoms with Gasteiger partial charge in [-0.05, 0) is 26.9 Å². The van der Waals surface area contributed by atoms with E-state index in [9.17, 15) is 4.79 Å². The number of carboxylic acid groups (broad SMARTS) is 1. The minimum Gasteiger partial charge on any atom is -0.481 e. The first-order valence-electron chi connectivity index (χ1n) is 4.93. The Hall–Kier alpha value is -0.570. The molecule has 0 fully saturated rings. The van der Waals surface area contributed by atoms with Gasteiger partial charge in [0.25, 0.3) is 0 Å². The van der Waals surface area contributed by atoms with E-state index >= 15 is 0 Å². The molecule has 0 aliphatic heterocycles. The van der Waals surface area contributed by atoms with Crippen LogP contribution in [0.3, 0.4) is 0 Å². The average Bonchev–Trinajstić information content (AvgIpc) is 2.11. The Kier molecular flexibility index (Phi) is 5.71. The van der Waals surface area contributed by atoms with Gasteiger partial charge in [-0.25, -0.2) is 0 Å². The van der Waals surface area contributed by atoms with E-state index < -0.39 is 5.97 Å². The molecule has 0 bridgehead atoms. The predicted molar refractivity (Wildman–Crippen MR) is 53.8 cm³/mol. The molecule has 0 saturated carbocycles. The van der Waals surface area contributed by atoms with Crippen molar-refractivity contribution in [1.82, 2.24) is 4.90 Å². The normalized spacial score (nSPS) is 15.8. The van der Waals surface area contributed by atoms with Gasteiger partial charge in [-0.1, -0.05) is 20.3 Å². The van der Waals surface area contributed by atoms with Crippen molar-refractivity contribution in [2.24, 2.45) is 5.92 Å². The Morgan fingerprint density at radius 3 is 2.38 bits per heavy atom. The highest BCUT2D eigenvalue weighted by Gasteiger charge is 2.22. The van der Waals surface area contributed by atoms with Crippen molar-refractivity contribution in [2.75, 3.05) is 13.6 Å². The van der Waals surface area contributed by atoms with Gasteiger partial charge >= 0.3 is 5.97 Å². The van der Waals surface area contributed by atoms with Gasteiger partial charge in [0.15, 0.2) is 0 Å². The number of carbonyl (C=O) groups is 1. The summed E-state index contributed by atoms with van der Waals surface area (Å²) in [5.41, 5.74) is 0. The molecule has 0 aromatic carbocycles. The highest BCUT2D eigenvalue weighted by molar-refractivity contribution is 5.70. The minimum absolute atomic E-state index is 0.115. The molecule has 13 heavy (non-hydrogen) atoms. The fourth-order valence-electron chi connectivity index (χ4n) is 1.20. The van der Waals surface area contributed by atoms with E-state index in [0.717, 1.165) is 19.4 Å². The van der Waals surface area contributed by atoms with Crippen LogP contribution in [0.15, 0.2) is 0 Å². The second-order valence-corrected chi connectivity index (χ2v) is 3.70. The summed E-state index contributed by atoms with van der Waals surface area (Å²) in [6.07, 6.45) is 2.28. The topological polar surface area (TPSA) is 40.5 Å². The smallest absolute Gasteiger partial charge is 0.307 e. The van der Waals surface area contributed by atoms with Gasteiger partial charge in [-0.15, -0.1) is 0 Å². The number of hydrogen-bond acceptors (Lipinski definition) is 2. The summed E-state index contributed by atoms with van der Waals surface area (Å²) in [6.45, 7) is 6.85. The van der Waals surface area contributed by atoms with Crippen molar-refractivity contribution in [2.45, 2.75) is 39.7 Å². The molecule has 3 heteroatoms. The molecule has 0 aromatic rings. The molecule has 3 nitrogen and oxygen atoms in total. The van der Waals surface area contributed by atoms with Crippen molar-refractivity contribution in [1.29, 1.82) is 0 Å². The maximum atomic E-state index is 10.7. The van der Waals surface area contributed by atoms with Crippen molar-refractivity contribution >= 4 is 5.97 Å². The van der Waals surface area contributed by atoms with Crippen molar-refractivity contribution in [3.63, 3.8) is 0 Å². The third kappa shape index (κ3) is 4.27. The molecule has 0 aliphatic carbocycles. The largest absolute Gasteiger partial charge is 0.481 e. The first-order chi connectivity index (χ1) is 6.00. The maximum absolute atomic E-state index is 10.7. The van der Waals surface area contributed by atoms with Crippen LogP contribution < -0.4 is 0 Å². The molecule has 0 amide bonds. The number of hydrogen-bond donors (Lipinski definition) is 1. The molecule has 0 radical (unpaired) electrons. The standard InChI is InChI=1S/C10H21NO2/c1-5-6-7-11(4)9(3)8(2)10(12)13/h8-9H,5-7H2,1-4H3,(H,12,13). The Morgan fingerprint density at radius 2 is 2.00 bits per heavy atom. The summed E-state index contributed by atoms with van der Waals surface area (Å²) >= 11 is 0. The van der Waals surface area contributed by atoms with Crippen LogP contribution in [0.5, 0.6) is 0 Å². The lowest BCUT2D eigenvalue weighted by Gasteiger charge is -2.27. The maximum Gasteiger partial charge on any atom is 0.307 e. The zero-order chi connectivity index (χ0) is 10.4. The van der Waals surface area contributed by atoms with Gasteiger partial charge in [0.05, 0.1) is 5.92 Å². The van der Waals surface area contributed by atoms with Gasteiger partial charge in [-0.3, -0.25) is 4.79 Å². The molecule has 0 saturated heterocycles. The van der Waals surface area contributed by atoms with Crippen LogP contribution in [-0.4, -0.2) is 35.6 Å². The van der Waals surface area contributed by atoms with Gasteiger partial charge in [0.2, 0.25) is 0 Å². The third-order valence-corrected chi connectivity index (χ3v) is 2.67. The molecular formula is C10H21NO2.